The van der Waals surface area contributed by atoms with Gasteiger partial charge in [0.1, 0.15) is 5.60 Å². The van der Waals surface area contributed by atoms with Crippen molar-refractivity contribution >= 4 is 18.0 Å². The number of alkyl carbamates (subject to hydrolysis) is 1. The van der Waals surface area contributed by atoms with Crippen LogP contribution in [0.25, 0.3) is 0 Å². The van der Waals surface area contributed by atoms with Crippen LogP contribution in [-0.4, -0.2) is 27.6 Å². The van der Waals surface area contributed by atoms with Gasteiger partial charge in [0.2, 0.25) is 5.96 Å². The SMILES string of the molecule is CC(C)(C)OC(=O)NC(N)=Nc1ncccn1. The van der Waals surface area contributed by atoms with Crippen LogP contribution in [0.2, 0.25) is 0 Å². The highest BCUT2D eigenvalue weighted by Gasteiger charge is 2.16. The molecule has 0 aliphatic rings. The predicted octanol–water partition coefficient (Wildman–Crippen LogP) is 0.947. The fourth-order valence-electron chi connectivity index (χ4n) is 0.893. The molecule has 0 aliphatic heterocycles. The first kappa shape index (κ1) is 12.9. The standard InChI is InChI=1S/C10H15N5O2/c1-10(2,3)17-9(16)15-7(11)14-8-12-5-4-6-13-8/h4-6H,1-3H3,(H3,11,12,13,14,15,16). The molecule has 0 aliphatic carbocycles. The van der Waals surface area contributed by atoms with Crippen LogP contribution in [0.3, 0.4) is 0 Å². The second-order valence-electron chi connectivity index (χ2n) is 4.17. The average Bonchev–Trinajstić information content (AvgIpc) is 2.15. The molecule has 0 atom stereocenters. The molecule has 1 aromatic rings. The molecule has 1 rings (SSSR count). The lowest BCUT2D eigenvalue weighted by Gasteiger charge is -2.19. The van der Waals surface area contributed by atoms with Gasteiger partial charge in [0.25, 0.3) is 5.95 Å². The Balaban J connectivity index is 2.58. The quantitative estimate of drug-likeness (QED) is 0.559. The zero-order valence-corrected chi connectivity index (χ0v) is 9.97. The third-order valence-corrected chi connectivity index (χ3v) is 1.40. The van der Waals surface area contributed by atoms with Gasteiger partial charge in [-0.15, -0.1) is 0 Å². The van der Waals surface area contributed by atoms with Gasteiger partial charge >= 0.3 is 6.09 Å². The van der Waals surface area contributed by atoms with Crippen molar-refractivity contribution in [2.24, 2.45) is 10.7 Å². The minimum absolute atomic E-state index is 0.120. The number of hydrogen-bond donors (Lipinski definition) is 2. The molecule has 1 heterocycles. The molecule has 0 aromatic carbocycles. The number of nitrogens with two attached hydrogens (primary N) is 1. The summed E-state index contributed by atoms with van der Waals surface area (Å²) in [5, 5.41) is 2.27. The van der Waals surface area contributed by atoms with E-state index in [2.05, 4.69) is 20.3 Å². The number of ether oxygens (including phenoxy) is 1. The highest BCUT2D eigenvalue weighted by Crippen LogP contribution is 2.06. The summed E-state index contributed by atoms with van der Waals surface area (Å²) >= 11 is 0. The highest BCUT2D eigenvalue weighted by molar-refractivity contribution is 5.93. The van der Waals surface area contributed by atoms with Crippen molar-refractivity contribution in [3.63, 3.8) is 0 Å². The Hall–Kier alpha value is -2.18. The van der Waals surface area contributed by atoms with Crippen molar-refractivity contribution in [2.75, 3.05) is 0 Å². The van der Waals surface area contributed by atoms with Gasteiger partial charge in [0.05, 0.1) is 0 Å². The normalized spacial score (nSPS) is 12.1. The molecular weight excluding hydrogens is 222 g/mol. The van der Waals surface area contributed by atoms with Crippen LogP contribution in [0, 0.1) is 0 Å². The molecule has 92 valence electrons. The van der Waals surface area contributed by atoms with Crippen molar-refractivity contribution in [1.29, 1.82) is 0 Å². The van der Waals surface area contributed by atoms with E-state index in [0.717, 1.165) is 0 Å². The molecule has 7 heteroatoms. The Kier molecular flexibility index (Phi) is 3.97. The summed E-state index contributed by atoms with van der Waals surface area (Å²) in [5.74, 6) is 0.0477. The lowest BCUT2D eigenvalue weighted by molar-refractivity contribution is 0.0562. The van der Waals surface area contributed by atoms with Crippen molar-refractivity contribution in [2.45, 2.75) is 26.4 Å². The summed E-state index contributed by atoms with van der Waals surface area (Å²) < 4.78 is 4.99. The third-order valence-electron chi connectivity index (χ3n) is 1.40. The van der Waals surface area contributed by atoms with E-state index in [9.17, 15) is 4.79 Å². The maximum atomic E-state index is 11.3. The Morgan fingerprint density at radius 2 is 2.00 bits per heavy atom. The molecule has 7 nitrogen and oxygen atoms in total. The van der Waals surface area contributed by atoms with Gasteiger partial charge < -0.3 is 10.5 Å². The highest BCUT2D eigenvalue weighted by atomic mass is 16.6. The minimum Gasteiger partial charge on any atom is -0.444 e. The van der Waals surface area contributed by atoms with Crippen LogP contribution in [-0.2, 0) is 4.74 Å². The van der Waals surface area contributed by atoms with E-state index in [4.69, 9.17) is 10.5 Å². The van der Waals surface area contributed by atoms with Crippen LogP contribution in [0.5, 0.6) is 0 Å². The molecule has 0 saturated heterocycles. The number of guanidine groups is 1. The monoisotopic (exact) mass is 237 g/mol. The number of aliphatic imine (C=N–C) groups is 1. The maximum Gasteiger partial charge on any atom is 0.414 e. The molecule has 0 spiro atoms. The minimum atomic E-state index is -0.672. The maximum absolute atomic E-state index is 11.3. The topological polar surface area (TPSA) is 102 Å². The third kappa shape index (κ3) is 5.45. The van der Waals surface area contributed by atoms with Crippen molar-refractivity contribution < 1.29 is 9.53 Å². The molecule has 1 aromatic heterocycles. The molecule has 0 saturated carbocycles. The van der Waals surface area contributed by atoms with Gasteiger partial charge in [-0.1, -0.05) is 0 Å². The van der Waals surface area contributed by atoms with Crippen LogP contribution < -0.4 is 11.1 Å². The van der Waals surface area contributed by atoms with E-state index in [-0.39, 0.29) is 11.9 Å². The number of aromatic nitrogens is 2. The van der Waals surface area contributed by atoms with E-state index in [1.807, 2.05) is 0 Å². The summed E-state index contributed by atoms with van der Waals surface area (Å²) in [6.45, 7) is 5.25. The van der Waals surface area contributed by atoms with Gasteiger partial charge in [-0.25, -0.2) is 14.8 Å². The Labute approximate surface area is 99.1 Å². The largest absolute Gasteiger partial charge is 0.444 e. The van der Waals surface area contributed by atoms with E-state index in [1.54, 1.807) is 26.8 Å². The number of nitrogens with zero attached hydrogens (tertiary/aromatic N) is 3. The van der Waals surface area contributed by atoms with Gasteiger partial charge in [0.15, 0.2) is 0 Å². The molecule has 17 heavy (non-hydrogen) atoms. The average molecular weight is 237 g/mol. The van der Waals surface area contributed by atoms with Gasteiger partial charge in [-0.05, 0) is 26.8 Å². The Morgan fingerprint density at radius 1 is 1.41 bits per heavy atom. The van der Waals surface area contributed by atoms with E-state index in [1.165, 1.54) is 12.4 Å². The fourth-order valence-corrected chi connectivity index (χ4v) is 0.893. The first-order chi connectivity index (χ1) is 7.87. The predicted molar refractivity (Wildman–Crippen MR) is 62.7 cm³/mol. The Morgan fingerprint density at radius 3 is 2.53 bits per heavy atom. The van der Waals surface area contributed by atoms with Crippen molar-refractivity contribution in [1.82, 2.24) is 15.3 Å². The number of rotatable bonds is 1. The lowest BCUT2D eigenvalue weighted by Crippen LogP contribution is -2.40. The molecule has 0 fully saturated rings. The summed E-state index contributed by atoms with van der Waals surface area (Å²) in [4.78, 5) is 22.8. The molecule has 0 radical (unpaired) electrons. The zero-order chi connectivity index (χ0) is 12.9. The second kappa shape index (κ2) is 5.24. The smallest absolute Gasteiger partial charge is 0.414 e. The molecule has 3 N–H and O–H groups in total. The van der Waals surface area contributed by atoms with Crippen molar-refractivity contribution in [3.8, 4) is 0 Å². The molecule has 0 unspecified atom stereocenters. The van der Waals surface area contributed by atoms with Crippen LogP contribution in [0.1, 0.15) is 20.8 Å². The van der Waals surface area contributed by atoms with Crippen LogP contribution in [0.4, 0.5) is 10.7 Å². The number of hydrogen-bond acceptors (Lipinski definition) is 5. The van der Waals surface area contributed by atoms with Crippen LogP contribution >= 0.6 is 0 Å². The summed E-state index contributed by atoms with van der Waals surface area (Å²) in [5.41, 5.74) is 4.89. The first-order valence-corrected chi connectivity index (χ1v) is 4.98. The van der Waals surface area contributed by atoms with E-state index < -0.39 is 11.7 Å². The second-order valence-corrected chi connectivity index (χ2v) is 4.17. The summed E-state index contributed by atoms with van der Waals surface area (Å²) in [7, 11) is 0. The molecular formula is C10H15N5O2. The molecule has 1 amide bonds. The van der Waals surface area contributed by atoms with Crippen LogP contribution in [0.15, 0.2) is 23.5 Å². The fraction of sp³-hybridized carbons (Fsp3) is 0.400. The molecule has 0 bridgehead atoms. The lowest BCUT2D eigenvalue weighted by atomic mass is 10.2. The van der Waals surface area contributed by atoms with E-state index >= 15 is 0 Å². The number of carbonyl (C=O) groups excluding carboxylic acids is 1. The van der Waals surface area contributed by atoms with Gasteiger partial charge in [-0.3, -0.25) is 5.32 Å². The summed E-state index contributed by atoms with van der Waals surface area (Å²) in [6.07, 6.45) is 2.37. The van der Waals surface area contributed by atoms with Gasteiger partial charge in [-0.2, -0.15) is 4.99 Å². The number of carbonyl (C=O) groups is 1. The number of amides is 1. The Bertz CT molecular complexity index is 410. The summed E-state index contributed by atoms with van der Waals surface area (Å²) in [6, 6.07) is 1.65. The zero-order valence-electron chi connectivity index (χ0n) is 9.97. The van der Waals surface area contributed by atoms with Gasteiger partial charge in [0, 0.05) is 12.4 Å². The number of nitrogens with one attached hydrogen (secondary N) is 1. The first-order valence-electron chi connectivity index (χ1n) is 4.98. The van der Waals surface area contributed by atoms with Crippen molar-refractivity contribution in [3.05, 3.63) is 18.5 Å². The van der Waals surface area contributed by atoms with E-state index in [0.29, 0.717) is 0 Å².